The van der Waals surface area contributed by atoms with Crippen LogP contribution in [0.25, 0.3) is 16.6 Å². The SMILES string of the molecule is Cc1ccc2c(c1)c1c(n2-c2ccccc2)CN(C)CC1. The highest BCUT2D eigenvalue weighted by atomic mass is 15.1. The number of aromatic nitrogens is 1. The summed E-state index contributed by atoms with van der Waals surface area (Å²) in [5.74, 6) is 0. The van der Waals surface area contributed by atoms with E-state index in [1.54, 1.807) is 0 Å². The number of nitrogens with zero attached hydrogens (tertiary/aromatic N) is 2. The summed E-state index contributed by atoms with van der Waals surface area (Å²) in [4.78, 5) is 2.41. The van der Waals surface area contributed by atoms with Crippen molar-refractivity contribution in [1.82, 2.24) is 9.47 Å². The van der Waals surface area contributed by atoms with E-state index in [1.807, 2.05) is 0 Å². The summed E-state index contributed by atoms with van der Waals surface area (Å²) in [5, 5.41) is 1.43. The van der Waals surface area contributed by atoms with Crippen molar-refractivity contribution in [3.63, 3.8) is 0 Å². The Kier molecular flexibility index (Phi) is 2.86. The summed E-state index contributed by atoms with van der Waals surface area (Å²) in [6.07, 6.45) is 1.14. The molecule has 0 saturated heterocycles. The van der Waals surface area contributed by atoms with Crippen LogP contribution in [0.15, 0.2) is 48.5 Å². The van der Waals surface area contributed by atoms with E-state index in [1.165, 1.54) is 33.4 Å². The summed E-state index contributed by atoms with van der Waals surface area (Å²) >= 11 is 0. The lowest BCUT2D eigenvalue weighted by molar-refractivity contribution is 0.307. The Balaban J connectivity index is 2.07. The number of aryl methyl sites for hydroxylation is 1. The first-order valence-electron chi connectivity index (χ1n) is 7.61. The molecule has 0 bridgehead atoms. The van der Waals surface area contributed by atoms with Crippen LogP contribution in [0.5, 0.6) is 0 Å². The average Bonchev–Trinajstić information content (AvgIpc) is 2.81. The van der Waals surface area contributed by atoms with E-state index in [2.05, 4.69) is 72.0 Å². The minimum Gasteiger partial charge on any atom is -0.312 e. The lowest BCUT2D eigenvalue weighted by atomic mass is 10.0. The molecule has 1 aliphatic heterocycles. The number of hydrogen-bond acceptors (Lipinski definition) is 1. The first-order valence-corrected chi connectivity index (χ1v) is 7.61. The van der Waals surface area contributed by atoms with Gasteiger partial charge in [0.05, 0.1) is 5.52 Å². The van der Waals surface area contributed by atoms with Crippen molar-refractivity contribution < 1.29 is 0 Å². The van der Waals surface area contributed by atoms with Gasteiger partial charge in [0.2, 0.25) is 0 Å². The fourth-order valence-electron chi connectivity index (χ4n) is 3.48. The van der Waals surface area contributed by atoms with Gasteiger partial charge in [0.1, 0.15) is 0 Å². The molecule has 2 aromatic carbocycles. The molecule has 0 fully saturated rings. The van der Waals surface area contributed by atoms with E-state index in [9.17, 15) is 0 Å². The molecule has 1 aliphatic rings. The quantitative estimate of drug-likeness (QED) is 0.654. The molecule has 2 heterocycles. The third-order valence-electron chi connectivity index (χ3n) is 4.51. The molecule has 2 nitrogen and oxygen atoms in total. The van der Waals surface area contributed by atoms with Gasteiger partial charge >= 0.3 is 0 Å². The van der Waals surface area contributed by atoms with Gasteiger partial charge in [0.15, 0.2) is 0 Å². The summed E-state index contributed by atoms with van der Waals surface area (Å²) in [7, 11) is 2.21. The van der Waals surface area contributed by atoms with Gasteiger partial charge in [-0.25, -0.2) is 0 Å². The molecule has 0 aliphatic carbocycles. The molecule has 4 rings (SSSR count). The molecule has 0 atom stereocenters. The summed E-state index contributed by atoms with van der Waals surface area (Å²) in [6.45, 7) is 4.35. The molecular formula is C19H20N2. The van der Waals surface area contributed by atoms with Crippen molar-refractivity contribution in [1.29, 1.82) is 0 Å². The number of para-hydroxylation sites is 1. The number of likely N-dealkylation sites (N-methyl/N-ethyl adjacent to an activating group) is 1. The third-order valence-corrected chi connectivity index (χ3v) is 4.51. The van der Waals surface area contributed by atoms with Gasteiger partial charge in [-0.05, 0) is 50.2 Å². The molecule has 0 amide bonds. The zero-order valence-corrected chi connectivity index (χ0v) is 12.6. The summed E-state index contributed by atoms with van der Waals surface area (Å²) in [5.41, 5.74) is 6.94. The topological polar surface area (TPSA) is 8.17 Å². The second-order valence-corrected chi connectivity index (χ2v) is 6.10. The summed E-state index contributed by atoms with van der Waals surface area (Å²) < 4.78 is 2.44. The third kappa shape index (κ3) is 1.98. The van der Waals surface area contributed by atoms with Gasteiger partial charge in [-0.2, -0.15) is 0 Å². The second kappa shape index (κ2) is 4.74. The van der Waals surface area contributed by atoms with Gasteiger partial charge < -0.3 is 9.47 Å². The van der Waals surface area contributed by atoms with Crippen molar-refractivity contribution >= 4 is 10.9 Å². The summed E-state index contributed by atoms with van der Waals surface area (Å²) in [6, 6.07) is 17.6. The van der Waals surface area contributed by atoms with E-state index >= 15 is 0 Å². The van der Waals surface area contributed by atoms with Crippen molar-refractivity contribution in [3.8, 4) is 5.69 Å². The normalized spacial score (nSPS) is 15.3. The maximum absolute atomic E-state index is 2.44. The zero-order valence-electron chi connectivity index (χ0n) is 12.6. The average molecular weight is 276 g/mol. The minimum atomic E-state index is 1.03. The van der Waals surface area contributed by atoms with Crippen LogP contribution >= 0.6 is 0 Å². The van der Waals surface area contributed by atoms with Crippen molar-refractivity contribution in [2.24, 2.45) is 0 Å². The fraction of sp³-hybridized carbons (Fsp3) is 0.263. The lowest BCUT2D eigenvalue weighted by Gasteiger charge is -2.24. The monoisotopic (exact) mass is 276 g/mol. The highest BCUT2D eigenvalue weighted by Crippen LogP contribution is 2.33. The first-order chi connectivity index (χ1) is 10.2. The first kappa shape index (κ1) is 12.7. The maximum Gasteiger partial charge on any atom is 0.0535 e. The Morgan fingerprint density at radius 2 is 1.81 bits per heavy atom. The Hall–Kier alpha value is -2.06. The molecule has 2 heteroatoms. The maximum atomic E-state index is 2.44. The van der Waals surface area contributed by atoms with E-state index in [0.29, 0.717) is 0 Å². The Bertz CT molecular complexity index is 799. The van der Waals surface area contributed by atoms with Crippen LogP contribution < -0.4 is 0 Å². The van der Waals surface area contributed by atoms with Crippen molar-refractivity contribution in [2.75, 3.05) is 13.6 Å². The lowest BCUT2D eigenvalue weighted by Crippen LogP contribution is -2.27. The standard InChI is InChI=1S/C19H20N2/c1-14-8-9-18-17(12-14)16-10-11-20(2)13-19(16)21(18)15-6-4-3-5-7-15/h3-9,12H,10-11,13H2,1-2H3. The van der Waals surface area contributed by atoms with Gasteiger partial charge in [0, 0.05) is 29.9 Å². The number of fused-ring (bicyclic) bond motifs is 3. The van der Waals surface area contributed by atoms with Crippen LogP contribution in [0, 0.1) is 6.92 Å². The number of hydrogen-bond donors (Lipinski definition) is 0. The molecule has 0 saturated carbocycles. The molecular weight excluding hydrogens is 256 g/mol. The van der Waals surface area contributed by atoms with Gasteiger partial charge in [-0.3, -0.25) is 0 Å². The van der Waals surface area contributed by atoms with Gasteiger partial charge in [-0.15, -0.1) is 0 Å². The van der Waals surface area contributed by atoms with Gasteiger partial charge in [0.25, 0.3) is 0 Å². The minimum absolute atomic E-state index is 1.03. The molecule has 106 valence electrons. The molecule has 0 N–H and O–H groups in total. The van der Waals surface area contributed by atoms with Gasteiger partial charge in [-0.1, -0.05) is 29.8 Å². The molecule has 3 aromatic rings. The van der Waals surface area contributed by atoms with E-state index in [0.717, 1.165) is 19.5 Å². The fourth-order valence-corrected chi connectivity index (χ4v) is 3.48. The molecule has 0 spiro atoms. The molecule has 0 radical (unpaired) electrons. The van der Waals surface area contributed by atoms with E-state index in [4.69, 9.17) is 0 Å². The molecule has 0 unspecified atom stereocenters. The second-order valence-electron chi connectivity index (χ2n) is 6.10. The Morgan fingerprint density at radius 3 is 2.62 bits per heavy atom. The predicted octanol–water partition coefficient (Wildman–Crippen LogP) is 3.93. The van der Waals surface area contributed by atoms with Crippen LogP contribution in [0.1, 0.15) is 16.8 Å². The Morgan fingerprint density at radius 1 is 1.00 bits per heavy atom. The zero-order chi connectivity index (χ0) is 14.4. The number of rotatable bonds is 1. The Labute approximate surface area is 125 Å². The highest BCUT2D eigenvalue weighted by molar-refractivity contribution is 5.88. The van der Waals surface area contributed by atoms with E-state index in [-0.39, 0.29) is 0 Å². The van der Waals surface area contributed by atoms with Crippen LogP contribution in [0.4, 0.5) is 0 Å². The number of benzene rings is 2. The smallest absolute Gasteiger partial charge is 0.0535 e. The van der Waals surface area contributed by atoms with E-state index < -0.39 is 0 Å². The van der Waals surface area contributed by atoms with Crippen LogP contribution in [0.2, 0.25) is 0 Å². The van der Waals surface area contributed by atoms with Crippen molar-refractivity contribution in [3.05, 3.63) is 65.4 Å². The van der Waals surface area contributed by atoms with Crippen molar-refractivity contribution in [2.45, 2.75) is 19.9 Å². The highest BCUT2D eigenvalue weighted by Gasteiger charge is 2.22. The largest absolute Gasteiger partial charge is 0.312 e. The predicted molar refractivity (Wildman–Crippen MR) is 88.1 cm³/mol. The van der Waals surface area contributed by atoms with Crippen LogP contribution in [-0.4, -0.2) is 23.1 Å². The van der Waals surface area contributed by atoms with Crippen LogP contribution in [-0.2, 0) is 13.0 Å². The van der Waals surface area contributed by atoms with Crippen LogP contribution in [0.3, 0.4) is 0 Å². The molecule has 1 aromatic heterocycles. The molecule has 21 heavy (non-hydrogen) atoms.